The highest BCUT2D eigenvalue weighted by Gasteiger charge is 2.14. The summed E-state index contributed by atoms with van der Waals surface area (Å²) in [6, 6.07) is 9.20. The second kappa shape index (κ2) is 16.8. The first kappa shape index (κ1) is 24.9. The molecule has 0 fully saturated rings. The van der Waals surface area contributed by atoms with E-state index >= 15 is 0 Å². The molecule has 0 aliphatic carbocycles. The van der Waals surface area contributed by atoms with Gasteiger partial charge in [0, 0.05) is 12.8 Å². The van der Waals surface area contributed by atoms with E-state index in [2.05, 4.69) is 19.1 Å². The molecule has 0 heterocycles. The number of unbranched alkanes of at least 4 members (excludes halogenated alkanes) is 8. The van der Waals surface area contributed by atoms with Gasteiger partial charge < -0.3 is 9.84 Å². The molecule has 1 unspecified atom stereocenters. The van der Waals surface area contributed by atoms with Gasteiger partial charge >= 0.3 is 11.9 Å². The minimum absolute atomic E-state index is 0.0631. The predicted octanol–water partition coefficient (Wildman–Crippen LogP) is 6.94. The lowest BCUT2D eigenvalue weighted by Crippen LogP contribution is -2.18. The Morgan fingerprint density at radius 3 is 2.34 bits per heavy atom. The van der Waals surface area contributed by atoms with Gasteiger partial charge in [-0.1, -0.05) is 75.8 Å². The van der Waals surface area contributed by atoms with Crippen LogP contribution in [-0.4, -0.2) is 23.1 Å². The van der Waals surface area contributed by atoms with Gasteiger partial charge in [0.15, 0.2) is 0 Å². The largest absolute Gasteiger partial charge is 0.481 e. The summed E-state index contributed by atoms with van der Waals surface area (Å²) < 4.78 is 5.77. The molecule has 0 bridgehead atoms. The van der Waals surface area contributed by atoms with Crippen molar-refractivity contribution in [3.05, 3.63) is 48.0 Å². The van der Waals surface area contributed by atoms with Crippen molar-refractivity contribution < 1.29 is 19.4 Å². The van der Waals surface area contributed by atoms with E-state index in [1.165, 1.54) is 19.3 Å². The fraction of sp³-hybridized carbons (Fsp3) is 0.600. The molecule has 1 N–H and O–H groups in total. The van der Waals surface area contributed by atoms with E-state index in [0.717, 1.165) is 57.8 Å². The Morgan fingerprint density at radius 1 is 0.931 bits per heavy atom. The van der Waals surface area contributed by atoms with Crippen molar-refractivity contribution in [2.45, 2.75) is 96.5 Å². The van der Waals surface area contributed by atoms with Crippen LogP contribution in [0.25, 0.3) is 0 Å². The lowest BCUT2D eigenvalue weighted by molar-refractivity contribution is -0.137. The Bertz CT molecular complexity index is 580. The number of aliphatic carboxylic acids is 1. The van der Waals surface area contributed by atoms with Gasteiger partial charge in [0.25, 0.3) is 0 Å². The molecule has 29 heavy (non-hydrogen) atoms. The number of esters is 1. The maximum absolute atomic E-state index is 12.4. The van der Waals surface area contributed by atoms with Crippen LogP contribution in [0.15, 0.2) is 42.5 Å². The fourth-order valence-corrected chi connectivity index (χ4v) is 3.25. The van der Waals surface area contributed by atoms with E-state index in [0.29, 0.717) is 5.56 Å². The Morgan fingerprint density at radius 2 is 1.62 bits per heavy atom. The van der Waals surface area contributed by atoms with Gasteiger partial charge in [-0.25, -0.2) is 4.79 Å². The Hall–Kier alpha value is -2.10. The monoisotopic (exact) mass is 402 g/mol. The Balaban J connectivity index is 2.29. The molecule has 4 heteroatoms. The molecule has 0 aliphatic heterocycles. The number of hydrogen-bond donors (Lipinski definition) is 1. The molecular formula is C25H38O4. The molecule has 0 radical (unpaired) electrons. The average molecular weight is 403 g/mol. The number of carboxylic acid groups (broad SMARTS) is 1. The zero-order valence-electron chi connectivity index (χ0n) is 18.0. The van der Waals surface area contributed by atoms with Crippen molar-refractivity contribution >= 4 is 11.9 Å². The van der Waals surface area contributed by atoms with Crippen molar-refractivity contribution in [2.24, 2.45) is 0 Å². The fourth-order valence-electron chi connectivity index (χ4n) is 3.25. The molecule has 1 rings (SSSR count). The third-order valence-electron chi connectivity index (χ3n) is 4.99. The smallest absolute Gasteiger partial charge is 0.338 e. The van der Waals surface area contributed by atoms with Gasteiger partial charge in [-0.05, 0) is 44.2 Å². The van der Waals surface area contributed by atoms with E-state index in [-0.39, 0.29) is 18.5 Å². The molecule has 0 amide bonds. The topological polar surface area (TPSA) is 63.6 Å². The SMILES string of the molecule is CCCCCCC(C/C=C\CCCCCCCC(=O)O)OC(=O)c1ccccc1. The summed E-state index contributed by atoms with van der Waals surface area (Å²) in [6.07, 6.45) is 17.1. The molecule has 4 nitrogen and oxygen atoms in total. The minimum atomic E-state index is -0.704. The van der Waals surface area contributed by atoms with Crippen LogP contribution >= 0.6 is 0 Å². The highest BCUT2D eigenvalue weighted by molar-refractivity contribution is 5.89. The quantitative estimate of drug-likeness (QED) is 0.174. The summed E-state index contributed by atoms with van der Waals surface area (Å²) in [5.74, 6) is -0.939. The van der Waals surface area contributed by atoms with Crippen LogP contribution in [0, 0.1) is 0 Å². The van der Waals surface area contributed by atoms with Crippen LogP contribution in [0.3, 0.4) is 0 Å². The number of carbonyl (C=O) groups is 2. The second-order valence-electron chi connectivity index (χ2n) is 7.65. The van der Waals surface area contributed by atoms with Gasteiger partial charge in [0.05, 0.1) is 5.56 Å². The molecule has 0 aliphatic rings. The maximum Gasteiger partial charge on any atom is 0.338 e. The van der Waals surface area contributed by atoms with E-state index < -0.39 is 5.97 Å². The van der Waals surface area contributed by atoms with Gasteiger partial charge in [-0.2, -0.15) is 0 Å². The van der Waals surface area contributed by atoms with Crippen LogP contribution in [-0.2, 0) is 9.53 Å². The first-order valence-electron chi connectivity index (χ1n) is 11.3. The third-order valence-corrected chi connectivity index (χ3v) is 4.99. The van der Waals surface area contributed by atoms with Crippen molar-refractivity contribution in [2.75, 3.05) is 0 Å². The molecule has 1 aromatic rings. The second-order valence-corrected chi connectivity index (χ2v) is 7.65. The summed E-state index contributed by atoms with van der Waals surface area (Å²) in [5, 5.41) is 8.62. The van der Waals surface area contributed by atoms with Crippen molar-refractivity contribution in [3.63, 3.8) is 0 Å². The van der Waals surface area contributed by atoms with E-state index in [1.807, 2.05) is 18.2 Å². The summed E-state index contributed by atoms with van der Waals surface area (Å²) in [5.41, 5.74) is 0.609. The van der Waals surface area contributed by atoms with Gasteiger partial charge in [0.1, 0.15) is 6.10 Å². The highest BCUT2D eigenvalue weighted by atomic mass is 16.5. The number of benzene rings is 1. The Kier molecular flexibility index (Phi) is 14.5. The van der Waals surface area contributed by atoms with Gasteiger partial charge in [-0.3, -0.25) is 4.79 Å². The van der Waals surface area contributed by atoms with Crippen LogP contribution in [0.5, 0.6) is 0 Å². The molecule has 0 saturated carbocycles. The molecule has 162 valence electrons. The van der Waals surface area contributed by atoms with Crippen molar-refractivity contribution in [1.82, 2.24) is 0 Å². The van der Waals surface area contributed by atoms with Crippen molar-refractivity contribution in [1.29, 1.82) is 0 Å². The van der Waals surface area contributed by atoms with Gasteiger partial charge in [0.2, 0.25) is 0 Å². The van der Waals surface area contributed by atoms with Gasteiger partial charge in [-0.15, -0.1) is 0 Å². The van der Waals surface area contributed by atoms with E-state index in [4.69, 9.17) is 9.84 Å². The zero-order chi connectivity index (χ0) is 21.2. The van der Waals surface area contributed by atoms with Crippen LogP contribution in [0.1, 0.15) is 101 Å². The summed E-state index contributed by atoms with van der Waals surface area (Å²) >= 11 is 0. The molecule has 0 spiro atoms. The Labute approximate surface area is 176 Å². The normalized spacial score (nSPS) is 12.2. The summed E-state index contributed by atoms with van der Waals surface area (Å²) in [7, 11) is 0. The zero-order valence-corrected chi connectivity index (χ0v) is 18.0. The third kappa shape index (κ3) is 13.7. The number of hydrogen-bond acceptors (Lipinski definition) is 3. The molecule has 1 aromatic carbocycles. The average Bonchev–Trinajstić information content (AvgIpc) is 2.72. The molecule has 0 saturated heterocycles. The molecular weight excluding hydrogens is 364 g/mol. The summed E-state index contributed by atoms with van der Waals surface area (Å²) in [4.78, 5) is 22.8. The standard InChI is InChI=1S/C25H38O4/c1-2-3-4-14-19-23(29-25(28)22-17-12-11-13-18-22)20-15-9-7-5-6-8-10-16-21-24(26)27/h9,11-13,15,17-18,23H,2-8,10,14,16,19-21H2,1H3,(H,26,27)/b15-9-. The van der Waals surface area contributed by atoms with E-state index in [9.17, 15) is 9.59 Å². The lowest BCUT2D eigenvalue weighted by Gasteiger charge is -2.16. The first-order valence-corrected chi connectivity index (χ1v) is 11.3. The van der Waals surface area contributed by atoms with Crippen LogP contribution in [0.4, 0.5) is 0 Å². The molecule has 0 aromatic heterocycles. The number of carboxylic acids is 1. The lowest BCUT2D eigenvalue weighted by atomic mass is 10.1. The first-order chi connectivity index (χ1) is 14.1. The molecule has 1 atom stereocenters. The van der Waals surface area contributed by atoms with Crippen molar-refractivity contribution in [3.8, 4) is 0 Å². The number of rotatable bonds is 17. The van der Waals surface area contributed by atoms with Crippen LogP contribution in [0.2, 0.25) is 0 Å². The highest BCUT2D eigenvalue weighted by Crippen LogP contribution is 2.15. The number of carbonyl (C=O) groups excluding carboxylic acids is 1. The number of allylic oxidation sites excluding steroid dienone is 1. The summed E-state index contributed by atoms with van der Waals surface area (Å²) in [6.45, 7) is 2.20. The van der Waals surface area contributed by atoms with Crippen LogP contribution < -0.4 is 0 Å². The predicted molar refractivity (Wildman–Crippen MR) is 118 cm³/mol. The maximum atomic E-state index is 12.4. The van der Waals surface area contributed by atoms with E-state index in [1.54, 1.807) is 12.1 Å². The minimum Gasteiger partial charge on any atom is -0.481 e. The number of ether oxygens (including phenoxy) is 1.